The van der Waals surface area contributed by atoms with Gasteiger partial charge in [0.25, 0.3) is 0 Å². The average Bonchev–Trinajstić information content (AvgIpc) is 2.94. The highest BCUT2D eigenvalue weighted by Crippen LogP contribution is 2.33. The third-order valence-corrected chi connectivity index (χ3v) is 4.24. The number of benzene rings is 1. The van der Waals surface area contributed by atoms with Crippen molar-refractivity contribution in [3.8, 4) is 10.7 Å². The van der Waals surface area contributed by atoms with Crippen LogP contribution in [0.25, 0.3) is 21.7 Å². The number of imidazole rings is 1. The number of fused-ring (bicyclic) bond motifs is 1. The molecule has 0 saturated carbocycles. The van der Waals surface area contributed by atoms with Crippen LogP contribution in [0.3, 0.4) is 0 Å². The molecule has 2 heterocycles. The van der Waals surface area contributed by atoms with Crippen molar-refractivity contribution in [3.63, 3.8) is 0 Å². The van der Waals surface area contributed by atoms with E-state index in [9.17, 15) is 0 Å². The first kappa shape index (κ1) is 13.2. The van der Waals surface area contributed by atoms with Gasteiger partial charge >= 0.3 is 0 Å². The zero-order valence-corrected chi connectivity index (χ0v) is 13.2. The van der Waals surface area contributed by atoms with Crippen LogP contribution in [0.15, 0.2) is 12.1 Å². The zero-order chi connectivity index (χ0) is 14.5. The molecule has 104 valence electrons. The Labute approximate surface area is 122 Å². The molecule has 0 aliphatic heterocycles. The summed E-state index contributed by atoms with van der Waals surface area (Å²) in [5.74, 6) is 0.866. The second kappa shape index (κ2) is 4.38. The summed E-state index contributed by atoms with van der Waals surface area (Å²) in [4.78, 5) is 9.14. The molecule has 0 radical (unpaired) electrons. The molecule has 0 aliphatic carbocycles. The Balaban J connectivity index is 2.19. The summed E-state index contributed by atoms with van der Waals surface area (Å²) in [6.07, 6.45) is 0. The van der Waals surface area contributed by atoms with E-state index in [4.69, 9.17) is 4.98 Å². The molecule has 2 aromatic heterocycles. The van der Waals surface area contributed by atoms with E-state index in [0.29, 0.717) is 0 Å². The van der Waals surface area contributed by atoms with Crippen molar-refractivity contribution >= 4 is 22.6 Å². The molecule has 5 heteroatoms. The van der Waals surface area contributed by atoms with E-state index in [0.717, 1.165) is 27.4 Å². The minimum absolute atomic E-state index is 0.0346. The van der Waals surface area contributed by atoms with Crippen molar-refractivity contribution in [1.29, 1.82) is 0 Å². The summed E-state index contributed by atoms with van der Waals surface area (Å²) in [6.45, 7) is 10.7. The average molecular weight is 286 g/mol. The largest absolute Gasteiger partial charge is 0.337 e. The van der Waals surface area contributed by atoms with Gasteiger partial charge in [-0.05, 0) is 48.6 Å². The molecule has 0 aliphatic rings. The number of rotatable bonds is 1. The molecule has 0 spiro atoms. The van der Waals surface area contributed by atoms with E-state index in [1.807, 2.05) is 0 Å². The first-order valence-electron chi connectivity index (χ1n) is 6.66. The van der Waals surface area contributed by atoms with Gasteiger partial charge < -0.3 is 4.98 Å². The molecule has 0 unspecified atom stereocenters. The van der Waals surface area contributed by atoms with Crippen LogP contribution in [0.1, 0.15) is 37.6 Å². The molecule has 1 aromatic carbocycles. The van der Waals surface area contributed by atoms with Crippen LogP contribution >= 0.6 is 11.5 Å². The molecule has 0 saturated heterocycles. The van der Waals surface area contributed by atoms with Gasteiger partial charge in [-0.15, -0.1) is 5.10 Å². The lowest BCUT2D eigenvalue weighted by molar-refractivity contribution is 0.568. The summed E-state index contributed by atoms with van der Waals surface area (Å²) >= 11 is 1.40. The molecule has 0 amide bonds. The van der Waals surface area contributed by atoms with E-state index >= 15 is 0 Å². The Bertz CT molecular complexity index is 738. The fourth-order valence-electron chi connectivity index (χ4n) is 2.21. The van der Waals surface area contributed by atoms with Crippen molar-refractivity contribution in [1.82, 2.24) is 19.6 Å². The van der Waals surface area contributed by atoms with Crippen molar-refractivity contribution in [2.75, 3.05) is 0 Å². The third kappa shape index (κ3) is 2.12. The molecule has 3 aromatic rings. The Kier molecular flexibility index (Phi) is 2.90. The van der Waals surface area contributed by atoms with Crippen LogP contribution in [0.5, 0.6) is 0 Å². The van der Waals surface area contributed by atoms with E-state index in [2.05, 4.69) is 61.3 Å². The first-order chi connectivity index (χ1) is 9.36. The fraction of sp³-hybridized carbons (Fsp3) is 0.400. The lowest BCUT2D eigenvalue weighted by Gasteiger charge is -2.15. The van der Waals surface area contributed by atoms with E-state index in [1.54, 1.807) is 0 Å². The van der Waals surface area contributed by atoms with Gasteiger partial charge in [0.1, 0.15) is 4.88 Å². The number of aryl methyl sites for hydroxylation is 2. The summed E-state index contributed by atoms with van der Waals surface area (Å²) in [5, 5.41) is 4.28. The number of aromatic amines is 1. The molecule has 3 rings (SSSR count). The van der Waals surface area contributed by atoms with Crippen molar-refractivity contribution in [3.05, 3.63) is 29.0 Å². The molecule has 0 atom stereocenters. The number of aromatic nitrogens is 4. The molecule has 4 nitrogen and oxygen atoms in total. The minimum Gasteiger partial charge on any atom is -0.337 e. The molecule has 1 N–H and O–H groups in total. The Morgan fingerprint density at radius 2 is 1.80 bits per heavy atom. The van der Waals surface area contributed by atoms with Gasteiger partial charge in [0.2, 0.25) is 0 Å². The highest BCUT2D eigenvalue weighted by molar-refractivity contribution is 7.09. The zero-order valence-electron chi connectivity index (χ0n) is 12.4. The molecular formula is C15H18N4S. The summed E-state index contributed by atoms with van der Waals surface area (Å²) < 4.78 is 4.10. The topological polar surface area (TPSA) is 54.5 Å². The molecular weight excluding hydrogens is 268 g/mol. The molecule has 20 heavy (non-hydrogen) atoms. The number of hydrogen-bond acceptors (Lipinski definition) is 4. The summed E-state index contributed by atoms with van der Waals surface area (Å²) in [6, 6.07) is 4.27. The lowest BCUT2D eigenvalue weighted by Crippen LogP contribution is -2.13. The highest BCUT2D eigenvalue weighted by Gasteiger charge is 2.24. The number of nitrogens with one attached hydrogen (secondary N) is 1. The van der Waals surface area contributed by atoms with Crippen LogP contribution in [-0.2, 0) is 5.41 Å². The number of H-pyrrole nitrogens is 1. The highest BCUT2D eigenvalue weighted by atomic mass is 32.1. The van der Waals surface area contributed by atoms with Crippen molar-refractivity contribution < 1.29 is 0 Å². The minimum atomic E-state index is -0.0346. The van der Waals surface area contributed by atoms with Crippen LogP contribution in [0.4, 0.5) is 0 Å². The van der Waals surface area contributed by atoms with E-state index < -0.39 is 0 Å². The SMILES string of the molecule is Cc1cc2nc(-c3snnc3C(C)(C)C)[nH]c2cc1C. The van der Waals surface area contributed by atoms with E-state index in [-0.39, 0.29) is 5.41 Å². The van der Waals surface area contributed by atoms with Crippen LogP contribution in [0.2, 0.25) is 0 Å². The first-order valence-corrected chi connectivity index (χ1v) is 7.44. The maximum atomic E-state index is 4.71. The van der Waals surface area contributed by atoms with Gasteiger partial charge in [-0.3, -0.25) is 0 Å². The monoisotopic (exact) mass is 286 g/mol. The van der Waals surface area contributed by atoms with Crippen molar-refractivity contribution in [2.24, 2.45) is 0 Å². The van der Waals surface area contributed by atoms with Gasteiger partial charge in [-0.2, -0.15) is 0 Å². The van der Waals surface area contributed by atoms with Crippen LogP contribution in [-0.4, -0.2) is 19.6 Å². The maximum absolute atomic E-state index is 4.71. The lowest BCUT2D eigenvalue weighted by atomic mass is 9.91. The predicted octanol–water partition coefficient (Wildman–Crippen LogP) is 4.00. The summed E-state index contributed by atoms with van der Waals surface area (Å²) in [5.41, 5.74) is 5.55. The smallest absolute Gasteiger partial charge is 0.152 e. The van der Waals surface area contributed by atoms with Crippen LogP contribution < -0.4 is 0 Å². The van der Waals surface area contributed by atoms with Gasteiger partial charge in [0, 0.05) is 5.41 Å². The number of nitrogens with zero attached hydrogens (tertiary/aromatic N) is 3. The predicted molar refractivity (Wildman–Crippen MR) is 83.2 cm³/mol. The maximum Gasteiger partial charge on any atom is 0.152 e. The third-order valence-electron chi connectivity index (χ3n) is 3.51. The van der Waals surface area contributed by atoms with Gasteiger partial charge in [0.15, 0.2) is 5.82 Å². The summed E-state index contributed by atoms with van der Waals surface area (Å²) in [7, 11) is 0. The van der Waals surface area contributed by atoms with Crippen LogP contribution in [0, 0.1) is 13.8 Å². The Morgan fingerprint density at radius 1 is 1.10 bits per heavy atom. The van der Waals surface area contributed by atoms with Gasteiger partial charge in [-0.25, -0.2) is 4.98 Å². The molecule has 0 fully saturated rings. The van der Waals surface area contributed by atoms with Gasteiger partial charge in [0.05, 0.1) is 16.7 Å². The van der Waals surface area contributed by atoms with E-state index in [1.165, 1.54) is 22.7 Å². The quantitative estimate of drug-likeness (QED) is 0.735. The number of hydrogen-bond donors (Lipinski definition) is 1. The molecule has 0 bridgehead atoms. The fourth-order valence-corrected chi connectivity index (χ4v) is 3.03. The second-order valence-corrected chi connectivity index (χ2v) is 6.99. The Morgan fingerprint density at radius 3 is 2.50 bits per heavy atom. The standard InChI is InChI=1S/C15H18N4S/c1-8-6-10-11(7-9(8)2)17-14(16-10)12-13(15(3,4)5)18-19-20-12/h6-7H,1-5H3,(H,16,17). The van der Waals surface area contributed by atoms with Gasteiger partial charge in [-0.1, -0.05) is 25.3 Å². The second-order valence-electron chi connectivity index (χ2n) is 6.24. The Hall–Kier alpha value is -1.75. The van der Waals surface area contributed by atoms with Crippen molar-refractivity contribution in [2.45, 2.75) is 40.0 Å². The normalized spacial score (nSPS) is 12.2.